The summed E-state index contributed by atoms with van der Waals surface area (Å²) in [6.45, 7) is 9.51. The molecule has 0 unspecified atom stereocenters. The van der Waals surface area contributed by atoms with E-state index >= 15 is 0 Å². The van der Waals surface area contributed by atoms with Crippen LogP contribution in [0.2, 0.25) is 0 Å². The number of nitrogens with zero attached hydrogens (tertiary/aromatic N) is 4. The Morgan fingerprint density at radius 3 is 2.91 bits per heavy atom. The Kier molecular flexibility index (Phi) is 7.39. The molecule has 0 amide bonds. The lowest BCUT2D eigenvalue weighted by molar-refractivity contribution is 0.0801. The second kappa shape index (κ2) is 10.6. The van der Waals surface area contributed by atoms with E-state index < -0.39 is 0 Å². The van der Waals surface area contributed by atoms with E-state index in [1.165, 1.54) is 0 Å². The standard InChI is InChI=1S/C24H28ClN7O/c1-16-21-12-19(8-9-22(21)29-28-16)24(26)31-30-23(25)17(2)32-11-10-27-20(13-32)15-33-14-18-6-4-3-5-7-18/h3-9,12,20,27H,2,10-11,13-15H2,1H3,(H2,26,31)(H,28,29)/b30-23+/t20-/m1/s1. The molecule has 2 aromatic carbocycles. The van der Waals surface area contributed by atoms with Crippen molar-refractivity contribution in [3.05, 3.63) is 77.6 Å². The van der Waals surface area contributed by atoms with E-state index in [0.717, 1.165) is 47.4 Å². The fraction of sp³-hybridized carbons (Fsp3) is 0.292. The minimum Gasteiger partial charge on any atom is -0.382 e. The quantitative estimate of drug-likeness (QED) is 0.269. The maximum Gasteiger partial charge on any atom is 0.174 e. The third-order valence-electron chi connectivity index (χ3n) is 5.60. The van der Waals surface area contributed by atoms with Gasteiger partial charge < -0.3 is 20.7 Å². The maximum atomic E-state index is 6.41. The number of amidine groups is 1. The highest BCUT2D eigenvalue weighted by atomic mass is 35.5. The van der Waals surface area contributed by atoms with Crippen LogP contribution in [0.4, 0.5) is 0 Å². The Morgan fingerprint density at radius 1 is 1.27 bits per heavy atom. The van der Waals surface area contributed by atoms with Crippen molar-refractivity contribution in [1.82, 2.24) is 20.4 Å². The summed E-state index contributed by atoms with van der Waals surface area (Å²) in [6, 6.07) is 16.0. The molecule has 1 aliphatic rings. The lowest BCUT2D eigenvalue weighted by atomic mass is 10.1. The van der Waals surface area contributed by atoms with Crippen LogP contribution in [0.3, 0.4) is 0 Å². The topological polar surface area (TPSA) is 104 Å². The number of nitrogens with two attached hydrogens (primary N) is 1. The van der Waals surface area contributed by atoms with Crippen LogP contribution in [-0.4, -0.2) is 58.4 Å². The fourth-order valence-electron chi connectivity index (χ4n) is 3.72. The van der Waals surface area contributed by atoms with Crippen molar-refractivity contribution in [3.63, 3.8) is 0 Å². The second-order valence-electron chi connectivity index (χ2n) is 7.99. The van der Waals surface area contributed by atoms with Crippen molar-refractivity contribution < 1.29 is 4.74 Å². The van der Waals surface area contributed by atoms with Crippen LogP contribution in [0.5, 0.6) is 0 Å². The Labute approximate surface area is 198 Å². The number of piperazine rings is 1. The van der Waals surface area contributed by atoms with Gasteiger partial charge in [0.25, 0.3) is 0 Å². The number of ether oxygens (including phenoxy) is 1. The van der Waals surface area contributed by atoms with Gasteiger partial charge in [-0.3, -0.25) is 5.10 Å². The van der Waals surface area contributed by atoms with Gasteiger partial charge in [-0.2, -0.15) is 5.10 Å². The number of fused-ring (bicyclic) bond motifs is 1. The number of benzene rings is 2. The molecule has 1 aliphatic heterocycles. The van der Waals surface area contributed by atoms with Gasteiger partial charge >= 0.3 is 0 Å². The Hall–Kier alpha value is -3.20. The largest absolute Gasteiger partial charge is 0.382 e. The summed E-state index contributed by atoms with van der Waals surface area (Å²) < 4.78 is 5.88. The van der Waals surface area contributed by atoms with Gasteiger partial charge in [0.2, 0.25) is 0 Å². The van der Waals surface area contributed by atoms with Gasteiger partial charge in [-0.15, -0.1) is 10.2 Å². The predicted octanol–water partition coefficient (Wildman–Crippen LogP) is 3.13. The van der Waals surface area contributed by atoms with E-state index in [1.807, 2.05) is 43.3 Å². The van der Waals surface area contributed by atoms with Gasteiger partial charge in [-0.05, 0) is 30.7 Å². The number of hydrogen-bond acceptors (Lipinski definition) is 6. The van der Waals surface area contributed by atoms with Crippen LogP contribution >= 0.6 is 11.6 Å². The van der Waals surface area contributed by atoms with Crippen molar-refractivity contribution in [2.75, 3.05) is 26.2 Å². The molecule has 1 fully saturated rings. The maximum absolute atomic E-state index is 6.41. The third-order valence-corrected chi connectivity index (χ3v) is 5.89. The fourth-order valence-corrected chi connectivity index (χ4v) is 3.88. The van der Waals surface area contributed by atoms with Crippen molar-refractivity contribution in [2.45, 2.75) is 19.6 Å². The first-order valence-electron chi connectivity index (χ1n) is 10.8. The van der Waals surface area contributed by atoms with E-state index in [2.05, 4.69) is 49.3 Å². The van der Waals surface area contributed by atoms with E-state index in [9.17, 15) is 0 Å². The molecular weight excluding hydrogens is 438 g/mol. The molecule has 0 bridgehead atoms. The summed E-state index contributed by atoms with van der Waals surface area (Å²) in [5, 5.41) is 20.1. The number of hydrogen-bond donors (Lipinski definition) is 3. The molecule has 0 saturated carbocycles. The first-order valence-corrected chi connectivity index (χ1v) is 11.2. The van der Waals surface area contributed by atoms with E-state index in [0.29, 0.717) is 18.9 Å². The van der Waals surface area contributed by atoms with Crippen LogP contribution < -0.4 is 11.1 Å². The Balaban J connectivity index is 1.34. The highest BCUT2D eigenvalue weighted by Crippen LogP contribution is 2.17. The summed E-state index contributed by atoms with van der Waals surface area (Å²) in [5.41, 5.74) is 10.5. The molecule has 3 aromatic rings. The smallest absolute Gasteiger partial charge is 0.174 e. The Bertz CT molecular complexity index is 1170. The Morgan fingerprint density at radius 2 is 2.09 bits per heavy atom. The molecule has 33 heavy (non-hydrogen) atoms. The van der Waals surface area contributed by atoms with Crippen LogP contribution in [0.15, 0.2) is 71.0 Å². The molecule has 1 atom stereocenters. The van der Waals surface area contributed by atoms with E-state index in [-0.39, 0.29) is 17.0 Å². The van der Waals surface area contributed by atoms with Gasteiger partial charge in [-0.1, -0.05) is 48.5 Å². The highest BCUT2D eigenvalue weighted by molar-refractivity contribution is 6.69. The molecule has 4 N–H and O–H groups in total. The van der Waals surface area contributed by atoms with Gasteiger partial charge in [-0.25, -0.2) is 0 Å². The van der Waals surface area contributed by atoms with Crippen LogP contribution in [0.25, 0.3) is 10.9 Å². The normalized spacial score (nSPS) is 17.5. The van der Waals surface area contributed by atoms with E-state index in [4.69, 9.17) is 22.1 Å². The SMILES string of the molecule is C=C(/C(Cl)=N\N=C(/N)c1ccc2[nH]nc(C)c2c1)N1CCN[C@@H](COCc2ccccc2)C1. The van der Waals surface area contributed by atoms with Gasteiger partial charge in [0.15, 0.2) is 11.0 Å². The second-order valence-corrected chi connectivity index (χ2v) is 8.35. The number of aromatic nitrogens is 2. The first-order chi connectivity index (χ1) is 16.0. The monoisotopic (exact) mass is 465 g/mol. The number of rotatable bonds is 8. The number of halogens is 1. The zero-order valence-electron chi connectivity index (χ0n) is 18.6. The zero-order chi connectivity index (χ0) is 23.2. The number of aromatic amines is 1. The molecule has 8 nitrogen and oxygen atoms in total. The van der Waals surface area contributed by atoms with Crippen LogP contribution in [-0.2, 0) is 11.3 Å². The van der Waals surface area contributed by atoms with Crippen molar-refractivity contribution in [1.29, 1.82) is 0 Å². The third kappa shape index (κ3) is 5.78. The molecule has 9 heteroatoms. The molecule has 1 saturated heterocycles. The average Bonchev–Trinajstić information content (AvgIpc) is 3.22. The minimum atomic E-state index is 0.169. The number of allylic oxidation sites excluding steroid dienone is 1. The summed E-state index contributed by atoms with van der Waals surface area (Å²) >= 11 is 6.41. The van der Waals surface area contributed by atoms with Gasteiger partial charge in [0.1, 0.15) is 0 Å². The van der Waals surface area contributed by atoms with Crippen LogP contribution in [0, 0.1) is 6.92 Å². The summed E-state index contributed by atoms with van der Waals surface area (Å²) in [5.74, 6) is 0.274. The molecular formula is C24H28ClN7O. The number of aryl methyl sites for hydroxylation is 1. The van der Waals surface area contributed by atoms with Crippen LogP contribution in [0.1, 0.15) is 16.8 Å². The minimum absolute atomic E-state index is 0.169. The summed E-state index contributed by atoms with van der Waals surface area (Å²) in [6.07, 6.45) is 0. The molecule has 1 aromatic heterocycles. The molecule has 0 radical (unpaired) electrons. The molecule has 172 valence electrons. The van der Waals surface area contributed by atoms with Crippen molar-refractivity contribution >= 4 is 33.5 Å². The molecule has 0 spiro atoms. The highest BCUT2D eigenvalue weighted by Gasteiger charge is 2.22. The van der Waals surface area contributed by atoms with Crippen molar-refractivity contribution in [2.24, 2.45) is 15.9 Å². The summed E-state index contributed by atoms with van der Waals surface area (Å²) in [7, 11) is 0. The zero-order valence-corrected chi connectivity index (χ0v) is 19.3. The van der Waals surface area contributed by atoms with Crippen molar-refractivity contribution in [3.8, 4) is 0 Å². The lowest BCUT2D eigenvalue weighted by Gasteiger charge is -2.35. The summed E-state index contributed by atoms with van der Waals surface area (Å²) in [4.78, 5) is 2.09. The first kappa shape index (κ1) is 23.0. The van der Waals surface area contributed by atoms with E-state index in [1.54, 1.807) is 0 Å². The lowest BCUT2D eigenvalue weighted by Crippen LogP contribution is -2.52. The molecule has 2 heterocycles. The van der Waals surface area contributed by atoms with Gasteiger partial charge in [0, 0.05) is 36.6 Å². The molecule has 4 rings (SSSR count). The predicted molar refractivity (Wildman–Crippen MR) is 133 cm³/mol. The number of nitrogens with one attached hydrogen (secondary N) is 2. The number of H-pyrrole nitrogens is 1. The van der Waals surface area contributed by atoms with Gasteiger partial charge in [0.05, 0.1) is 30.1 Å². The average molecular weight is 466 g/mol. The molecule has 0 aliphatic carbocycles.